The molecule has 5 N–H and O–H groups in total. The van der Waals surface area contributed by atoms with E-state index in [9.17, 15) is 9.90 Å². The maximum Gasteiger partial charge on any atom is 0.222 e. The van der Waals surface area contributed by atoms with E-state index in [1.165, 1.54) is 0 Å². The molecule has 6 nitrogen and oxygen atoms in total. The van der Waals surface area contributed by atoms with Gasteiger partial charge in [-0.3, -0.25) is 4.79 Å². The standard InChI is InChI=1S/C11H20N4O2/c1-11(2,12)4-10(17)15-9(6-16)3-8-5-13-7-14-8/h5,7,9,16H,3-4,6,12H2,1-2H3,(H,13,14)(H,15,17). The highest BCUT2D eigenvalue weighted by atomic mass is 16.3. The first-order chi connectivity index (χ1) is 7.90. The molecular formula is C11H20N4O2. The van der Waals surface area contributed by atoms with Crippen molar-refractivity contribution in [2.75, 3.05) is 6.61 Å². The van der Waals surface area contributed by atoms with Crippen LogP contribution in [-0.4, -0.2) is 39.2 Å². The number of hydrogen-bond acceptors (Lipinski definition) is 4. The Morgan fingerprint density at radius 3 is 2.88 bits per heavy atom. The number of aromatic nitrogens is 2. The van der Waals surface area contributed by atoms with Crippen molar-refractivity contribution in [3.05, 3.63) is 18.2 Å². The first kappa shape index (κ1) is 13.7. The number of nitrogens with zero attached hydrogens (tertiary/aromatic N) is 1. The summed E-state index contributed by atoms with van der Waals surface area (Å²) < 4.78 is 0. The van der Waals surface area contributed by atoms with Crippen LogP contribution >= 0.6 is 0 Å². The summed E-state index contributed by atoms with van der Waals surface area (Å²) in [6.45, 7) is 3.45. The Kier molecular flexibility index (Phi) is 4.65. The second-order valence-electron chi connectivity index (χ2n) is 4.88. The molecule has 0 spiro atoms. The van der Waals surface area contributed by atoms with E-state index < -0.39 is 5.54 Å². The van der Waals surface area contributed by atoms with Gasteiger partial charge in [0.1, 0.15) is 0 Å². The van der Waals surface area contributed by atoms with Crippen molar-refractivity contribution in [1.29, 1.82) is 0 Å². The summed E-state index contributed by atoms with van der Waals surface area (Å²) in [6.07, 6.45) is 4.02. The number of aliphatic hydroxyl groups excluding tert-OH is 1. The molecule has 0 aliphatic rings. The number of aliphatic hydroxyl groups is 1. The zero-order valence-electron chi connectivity index (χ0n) is 10.2. The van der Waals surface area contributed by atoms with Crippen LogP contribution in [0.2, 0.25) is 0 Å². The number of carbonyl (C=O) groups excluding carboxylic acids is 1. The highest BCUT2D eigenvalue weighted by Crippen LogP contribution is 2.04. The molecule has 0 radical (unpaired) electrons. The zero-order chi connectivity index (χ0) is 12.9. The molecule has 6 heteroatoms. The molecule has 0 bridgehead atoms. The molecule has 1 unspecified atom stereocenters. The Morgan fingerprint density at radius 2 is 2.41 bits per heavy atom. The van der Waals surface area contributed by atoms with E-state index in [1.54, 1.807) is 26.4 Å². The Morgan fingerprint density at radius 1 is 1.71 bits per heavy atom. The van der Waals surface area contributed by atoms with Gasteiger partial charge in [-0.1, -0.05) is 0 Å². The van der Waals surface area contributed by atoms with Crippen LogP contribution in [0.3, 0.4) is 0 Å². The molecule has 0 aromatic carbocycles. The minimum atomic E-state index is -0.545. The largest absolute Gasteiger partial charge is 0.394 e. The predicted molar refractivity (Wildman–Crippen MR) is 64.2 cm³/mol. The number of nitrogens with one attached hydrogen (secondary N) is 2. The van der Waals surface area contributed by atoms with E-state index in [0.717, 1.165) is 5.69 Å². The molecule has 17 heavy (non-hydrogen) atoms. The average molecular weight is 240 g/mol. The van der Waals surface area contributed by atoms with Crippen molar-refractivity contribution in [3.63, 3.8) is 0 Å². The molecule has 96 valence electrons. The smallest absolute Gasteiger partial charge is 0.222 e. The van der Waals surface area contributed by atoms with Gasteiger partial charge >= 0.3 is 0 Å². The van der Waals surface area contributed by atoms with Gasteiger partial charge < -0.3 is 21.1 Å². The average Bonchev–Trinajstić information content (AvgIpc) is 2.66. The lowest BCUT2D eigenvalue weighted by atomic mass is 10.0. The topological polar surface area (TPSA) is 104 Å². The summed E-state index contributed by atoms with van der Waals surface area (Å²) in [5.74, 6) is -0.160. The maximum atomic E-state index is 11.6. The van der Waals surface area contributed by atoms with Gasteiger partial charge in [-0.05, 0) is 13.8 Å². The van der Waals surface area contributed by atoms with Gasteiger partial charge in [0.2, 0.25) is 5.91 Å². The molecule has 0 fully saturated rings. The van der Waals surface area contributed by atoms with Crippen LogP contribution in [0, 0.1) is 0 Å². The van der Waals surface area contributed by atoms with Crippen molar-refractivity contribution in [2.24, 2.45) is 5.73 Å². The zero-order valence-corrected chi connectivity index (χ0v) is 10.2. The van der Waals surface area contributed by atoms with Crippen LogP contribution in [0.25, 0.3) is 0 Å². The number of aromatic amines is 1. The maximum absolute atomic E-state index is 11.6. The fraction of sp³-hybridized carbons (Fsp3) is 0.636. The first-order valence-electron chi connectivity index (χ1n) is 5.57. The highest BCUT2D eigenvalue weighted by molar-refractivity contribution is 5.77. The number of nitrogens with two attached hydrogens (primary N) is 1. The Labute approximate surface area is 101 Å². The second-order valence-corrected chi connectivity index (χ2v) is 4.88. The third-order valence-corrected chi connectivity index (χ3v) is 2.21. The van der Waals surface area contributed by atoms with Gasteiger partial charge in [0.15, 0.2) is 0 Å². The lowest BCUT2D eigenvalue weighted by Crippen LogP contribution is -2.44. The van der Waals surface area contributed by atoms with Gasteiger partial charge in [0.25, 0.3) is 0 Å². The van der Waals surface area contributed by atoms with Gasteiger partial charge in [-0.25, -0.2) is 4.98 Å². The first-order valence-corrected chi connectivity index (χ1v) is 5.57. The van der Waals surface area contributed by atoms with Crippen molar-refractivity contribution in [3.8, 4) is 0 Å². The summed E-state index contributed by atoms with van der Waals surface area (Å²) in [4.78, 5) is 18.5. The highest BCUT2D eigenvalue weighted by Gasteiger charge is 2.19. The molecule has 1 aromatic heterocycles. The van der Waals surface area contributed by atoms with Crippen LogP contribution in [-0.2, 0) is 11.2 Å². The quantitative estimate of drug-likeness (QED) is 0.541. The number of hydrogen-bond donors (Lipinski definition) is 4. The molecule has 0 aliphatic carbocycles. The molecule has 1 heterocycles. The van der Waals surface area contributed by atoms with E-state index in [-0.39, 0.29) is 25.0 Å². The summed E-state index contributed by atoms with van der Waals surface area (Å²) in [5.41, 5.74) is 6.01. The van der Waals surface area contributed by atoms with E-state index in [1.807, 2.05) is 0 Å². The molecular weight excluding hydrogens is 220 g/mol. The van der Waals surface area contributed by atoms with Crippen molar-refractivity contribution < 1.29 is 9.90 Å². The number of H-pyrrole nitrogens is 1. The van der Waals surface area contributed by atoms with E-state index in [2.05, 4.69) is 15.3 Å². The Balaban J connectivity index is 2.44. The van der Waals surface area contributed by atoms with Crippen molar-refractivity contribution >= 4 is 5.91 Å². The molecule has 0 saturated heterocycles. The van der Waals surface area contributed by atoms with E-state index in [4.69, 9.17) is 5.73 Å². The van der Waals surface area contributed by atoms with Gasteiger partial charge in [0, 0.05) is 24.6 Å². The van der Waals surface area contributed by atoms with Crippen LogP contribution < -0.4 is 11.1 Å². The number of imidazole rings is 1. The molecule has 1 atom stereocenters. The molecule has 1 amide bonds. The lowest BCUT2D eigenvalue weighted by Gasteiger charge is -2.20. The molecule has 1 rings (SSSR count). The fourth-order valence-electron chi connectivity index (χ4n) is 1.51. The van der Waals surface area contributed by atoms with Gasteiger partial charge in [-0.2, -0.15) is 0 Å². The van der Waals surface area contributed by atoms with Crippen LogP contribution in [0.5, 0.6) is 0 Å². The predicted octanol–water partition coefficient (Wildman–Crippen LogP) is -0.443. The summed E-state index contributed by atoms with van der Waals surface area (Å²) in [7, 11) is 0. The second kappa shape index (κ2) is 5.79. The summed E-state index contributed by atoms with van der Waals surface area (Å²) in [6, 6.07) is -0.326. The van der Waals surface area contributed by atoms with Gasteiger partial charge in [0.05, 0.1) is 24.7 Å². The SMILES string of the molecule is CC(C)(N)CC(=O)NC(CO)Cc1c[nH]cn1. The van der Waals surface area contributed by atoms with E-state index in [0.29, 0.717) is 6.42 Å². The normalized spacial score (nSPS) is 13.4. The van der Waals surface area contributed by atoms with Crippen molar-refractivity contribution in [2.45, 2.75) is 38.3 Å². The third kappa shape index (κ3) is 5.46. The summed E-state index contributed by atoms with van der Waals surface area (Å²) >= 11 is 0. The van der Waals surface area contributed by atoms with E-state index >= 15 is 0 Å². The third-order valence-electron chi connectivity index (χ3n) is 2.21. The lowest BCUT2D eigenvalue weighted by molar-refractivity contribution is -0.123. The van der Waals surface area contributed by atoms with Crippen molar-refractivity contribution in [1.82, 2.24) is 15.3 Å². The van der Waals surface area contributed by atoms with Crippen LogP contribution in [0.15, 0.2) is 12.5 Å². The minimum absolute atomic E-state index is 0.121. The minimum Gasteiger partial charge on any atom is -0.394 e. The number of amides is 1. The van der Waals surface area contributed by atoms with Crippen LogP contribution in [0.1, 0.15) is 26.0 Å². The monoisotopic (exact) mass is 240 g/mol. The molecule has 0 aliphatic heterocycles. The Hall–Kier alpha value is -1.40. The molecule has 1 aromatic rings. The molecule has 0 saturated carbocycles. The van der Waals surface area contributed by atoms with Gasteiger partial charge in [-0.15, -0.1) is 0 Å². The number of carbonyl (C=O) groups is 1. The Bertz CT molecular complexity index is 343. The fourth-order valence-corrected chi connectivity index (χ4v) is 1.51. The summed E-state index contributed by atoms with van der Waals surface area (Å²) in [5, 5.41) is 11.9. The van der Waals surface area contributed by atoms with Crippen LogP contribution in [0.4, 0.5) is 0 Å². The number of rotatable bonds is 6.